The van der Waals surface area contributed by atoms with Gasteiger partial charge in [-0.1, -0.05) is 23.2 Å². The van der Waals surface area contributed by atoms with Gasteiger partial charge in [0.05, 0.1) is 17.1 Å². The van der Waals surface area contributed by atoms with Gasteiger partial charge in [0.25, 0.3) is 0 Å². The number of rotatable bonds is 2. The van der Waals surface area contributed by atoms with E-state index >= 15 is 0 Å². The van der Waals surface area contributed by atoms with Gasteiger partial charge < -0.3 is 5.73 Å². The quantitative estimate of drug-likeness (QED) is 0.832. The van der Waals surface area contributed by atoms with Crippen LogP contribution in [-0.4, -0.2) is 20.2 Å². The third kappa shape index (κ3) is 2.25. The van der Waals surface area contributed by atoms with E-state index in [2.05, 4.69) is 15.4 Å². The monoisotopic (exact) mass is 257 g/mol. The molecule has 2 N–H and O–H groups in total. The maximum atomic E-state index is 5.91. The van der Waals surface area contributed by atoms with Crippen molar-refractivity contribution in [1.29, 1.82) is 0 Å². The zero-order valence-electron chi connectivity index (χ0n) is 8.48. The highest BCUT2D eigenvalue weighted by molar-refractivity contribution is 6.42. The normalized spacial score (nSPS) is 10.7. The number of hydrogen-bond donors (Lipinski definition) is 1. The number of aryl methyl sites for hydroxylation is 1. The Morgan fingerprint density at radius 2 is 2.00 bits per heavy atom. The molecular weight excluding hydrogens is 249 g/mol. The summed E-state index contributed by atoms with van der Waals surface area (Å²) < 4.78 is 0. The first-order chi connectivity index (χ1) is 7.56. The Labute approximate surface area is 102 Å². The van der Waals surface area contributed by atoms with Crippen molar-refractivity contribution in [2.24, 2.45) is 7.05 Å². The molecule has 0 saturated carbocycles. The van der Waals surface area contributed by atoms with Gasteiger partial charge in [0.15, 0.2) is 5.82 Å². The number of aromatic nitrogens is 4. The zero-order chi connectivity index (χ0) is 11.7. The van der Waals surface area contributed by atoms with Crippen LogP contribution in [0.3, 0.4) is 0 Å². The van der Waals surface area contributed by atoms with E-state index in [0.29, 0.717) is 28.0 Å². The second-order valence-electron chi connectivity index (χ2n) is 3.34. The Kier molecular flexibility index (Phi) is 2.98. The second kappa shape index (κ2) is 4.27. The molecule has 1 aromatic heterocycles. The van der Waals surface area contributed by atoms with Crippen LogP contribution in [0.1, 0.15) is 11.4 Å². The Morgan fingerprint density at radius 1 is 1.31 bits per heavy atom. The highest BCUT2D eigenvalue weighted by atomic mass is 35.5. The van der Waals surface area contributed by atoms with Gasteiger partial charge in [-0.2, -0.15) is 4.80 Å². The summed E-state index contributed by atoms with van der Waals surface area (Å²) >= 11 is 11.7. The number of tetrazole rings is 1. The van der Waals surface area contributed by atoms with Crippen LogP contribution in [0.2, 0.25) is 10.0 Å². The molecule has 1 aromatic carbocycles. The van der Waals surface area contributed by atoms with Crippen molar-refractivity contribution in [3.05, 3.63) is 33.6 Å². The molecule has 0 fully saturated rings. The maximum Gasteiger partial charge on any atom is 0.179 e. The number of nitrogen functional groups attached to an aromatic ring is 1. The molecule has 84 valence electrons. The number of nitrogens with zero attached hydrogens (tertiary/aromatic N) is 4. The van der Waals surface area contributed by atoms with E-state index in [1.165, 1.54) is 4.80 Å². The minimum Gasteiger partial charge on any atom is -0.398 e. The molecule has 0 atom stereocenters. The van der Waals surface area contributed by atoms with Crippen molar-refractivity contribution < 1.29 is 0 Å². The molecule has 7 heteroatoms. The van der Waals surface area contributed by atoms with Crippen molar-refractivity contribution in [1.82, 2.24) is 20.2 Å². The lowest BCUT2D eigenvalue weighted by atomic mass is 10.1. The van der Waals surface area contributed by atoms with Gasteiger partial charge >= 0.3 is 0 Å². The van der Waals surface area contributed by atoms with Crippen LogP contribution in [-0.2, 0) is 13.5 Å². The first-order valence-corrected chi connectivity index (χ1v) is 5.28. The van der Waals surface area contributed by atoms with Gasteiger partial charge in [0, 0.05) is 12.1 Å². The molecule has 2 rings (SSSR count). The van der Waals surface area contributed by atoms with Crippen LogP contribution in [0.4, 0.5) is 5.69 Å². The lowest BCUT2D eigenvalue weighted by Crippen LogP contribution is -1.98. The standard InChI is InChI=1S/C9H9Cl2N5/c1-16-14-9(13-15-16)3-5-2-6(10)7(11)4-8(5)12/h2,4H,3,12H2,1H3. The Balaban J connectivity index is 2.31. The minimum atomic E-state index is 0.440. The molecule has 16 heavy (non-hydrogen) atoms. The van der Waals surface area contributed by atoms with E-state index in [1.807, 2.05) is 0 Å². The van der Waals surface area contributed by atoms with Crippen LogP contribution in [0.25, 0.3) is 0 Å². The predicted molar refractivity (Wildman–Crippen MR) is 62.5 cm³/mol. The minimum absolute atomic E-state index is 0.440. The number of nitrogens with two attached hydrogens (primary N) is 1. The molecule has 0 aliphatic heterocycles. The van der Waals surface area contributed by atoms with Crippen molar-refractivity contribution in [3.8, 4) is 0 Å². The van der Waals surface area contributed by atoms with Crippen molar-refractivity contribution in [2.75, 3.05) is 5.73 Å². The average Bonchev–Trinajstić information content (AvgIpc) is 2.60. The van der Waals surface area contributed by atoms with E-state index < -0.39 is 0 Å². The third-order valence-electron chi connectivity index (χ3n) is 2.08. The molecule has 5 nitrogen and oxygen atoms in total. The van der Waals surface area contributed by atoms with Gasteiger partial charge in [0.1, 0.15) is 0 Å². The molecule has 1 heterocycles. The van der Waals surface area contributed by atoms with Crippen molar-refractivity contribution in [3.63, 3.8) is 0 Å². The van der Waals surface area contributed by atoms with Crippen molar-refractivity contribution in [2.45, 2.75) is 6.42 Å². The summed E-state index contributed by atoms with van der Waals surface area (Å²) in [6.07, 6.45) is 0.483. The molecule has 0 saturated heterocycles. The summed E-state index contributed by atoms with van der Waals surface area (Å²) in [6, 6.07) is 3.34. The topological polar surface area (TPSA) is 69.6 Å². The zero-order valence-corrected chi connectivity index (χ0v) is 10.00. The lowest BCUT2D eigenvalue weighted by molar-refractivity contribution is 0.628. The van der Waals surface area contributed by atoms with Crippen molar-refractivity contribution >= 4 is 28.9 Å². The summed E-state index contributed by atoms with van der Waals surface area (Å²) in [5, 5.41) is 12.6. The van der Waals surface area contributed by atoms with Crippen LogP contribution in [0.5, 0.6) is 0 Å². The molecule has 2 aromatic rings. The van der Waals surface area contributed by atoms with Gasteiger partial charge in [-0.05, 0) is 22.9 Å². The second-order valence-corrected chi connectivity index (χ2v) is 4.15. The van der Waals surface area contributed by atoms with Gasteiger partial charge in [-0.15, -0.1) is 10.2 Å². The summed E-state index contributed by atoms with van der Waals surface area (Å²) in [6.45, 7) is 0. The number of hydrogen-bond acceptors (Lipinski definition) is 4. The molecule has 0 amide bonds. The molecule has 0 aliphatic carbocycles. The van der Waals surface area contributed by atoms with E-state index in [9.17, 15) is 0 Å². The van der Waals surface area contributed by atoms with Crippen LogP contribution in [0.15, 0.2) is 12.1 Å². The summed E-state index contributed by atoms with van der Waals surface area (Å²) in [5.41, 5.74) is 7.23. The maximum absolute atomic E-state index is 5.91. The number of halogens is 2. The largest absolute Gasteiger partial charge is 0.398 e. The van der Waals surface area contributed by atoms with Gasteiger partial charge in [-0.3, -0.25) is 0 Å². The van der Waals surface area contributed by atoms with Crippen LogP contribution >= 0.6 is 23.2 Å². The van der Waals surface area contributed by atoms with E-state index in [0.717, 1.165) is 5.56 Å². The summed E-state index contributed by atoms with van der Waals surface area (Å²) in [7, 11) is 1.70. The third-order valence-corrected chi connectivity index (χ3v) is 2.80. The summed E-state index contributed by atoms with van der Waals surface area (Å²) in [4.78, 5) is 1.39. The van der Waals surface area contributed by atoms with Gasteiger partial charge in [0.2, 0.25) is 0 Å². The highest BCUT2D eigenvalue weighted by Crippen LogP contribution is 2.28. The predicted octanol–water partition coefficient (Wildman–Crippen LogP) is 1.69. The fourth-order valence-electron chi connectivity index (χ4n) is 1.32. The number of benzene rings is 1. The van der Waals surface area contributed by atoms with E-state index in [-0.39, 0.29) is 0 Å². The molecule has 0 bridgehead atoms. The molecule has 0 spiro atoms. The Bertz CT molecular complexity index is 523. The van der Waals surface area contributed by atoms with Crippen LogP contribution in [0, 0.1) is 0 Å². The first-order valence-electron chi connectivity index (χ1n) is 4.52. The molecule has 0 radical (unpaired) electrons. The smallest absolute Gasteiger partial charge is 0.179 e. The summed E-state index contributed by atoms with van der Waals surface area (Å²) in [5.74, 6) is 0.590. The first kappa shape index (κ1) is 11.2. The molecule has 0 aliphatic rings. The highest BCUT2D eigenvalue weighted by Gasteiger charge is 2.08. The fraction of sp³-hybridized carbons (Fsp3) is 0.222. The van der Waals surface area contributed by atoms with Gasteiger partial charge in [-0.25, -0.2) is 0 Å². The molecule has 0 unspecified atom stereocenters. The molecular formula is C9H9Cl2N5. The fourth-order valence-corrected chi connectivity index (χ4v) is 1.68. The average molecular weight is 258 g/mol. The SMILES string of the molecule is Cn1nnc(Cc2cc(Cl)c(Cl)cc2N)n1. The number of anilines is 1. The Hall–Kier alpha value is -1.33. The van der Waals surface area contributed by atoms with E-state index in [4.69, 9.17) is 28.9 Å². The van der Waals surface area contributed by atoms with E-state index in [1.54, 1.807) is 19.2 Å². The Morgan fingerprint density at radius 3 is 2.62 bits per heavy atom. The lowest BCUT2D eigenvalue weighted by Gasteiger charge is -2.05. The van der Waals surface area contributed by atoms with Crippen LogP contribution < -0.4 is 5.73 Å².